The Labute approximate surface area is 295 Å². The van der Waals surface area contributed by atoms with Gasteiger partial charge in [-0.15, -0.1) is 0 Å². The largest absolute Gasteiger partial charge is 0.379 e. The third kappa shape index (κ3) is 31.4. The molecule has 0 aromatic carbocycles. The highest BCUT2D eigenvalue weighted by Crippen LogP contribution is 2.46. The Kier molecular flexibility index (Phi) is 36.8. The number of hydrogen-bond acceptors (Lipinski definition) is 6. The molecule has 2 atom stereocenters. The highest BCUT2D eigenvalue weighted by molar-refractivity contribution is 7.44. The summed E-state index contributed by atoms with van der Waals surface area (Å²) in [5.74, 6) is 0. The van der Waals surface area contributed by atoms with Crippen molar-refractivity contribution in [1.29, 1.82) is 5.26 Å². The van der Waals surface area contributed by atoms with E-state index in [1.165, 1.54) is 141 Å². The molecule has 0 N–H and O–H groups in total. The SMILES string of the molecule is CCCCCCCCCCCCCCOC[C@H](COP(OCCC#N)N(C(C)C)C(C)C)OCCCCCCCCCCCCCC. The zero-order valence-electron chi connectivity index (χ0n) is 32.4. The predicted molar refractivity (Wildman–Crippen MR) is 204 cm³/mol. The number of rotatable bonds is 38. The maximum atomic E-state index is 9.05. The molecule has 0 aliphatic heterocycles. The molecular weight excluding hydrogens is 603 g/mol. The van der Waals surface area contributed by atoms with Gasteiger partial charge in [0.25, 0.3) is 8.53 Å². The van der Waals surface area contributed by atoms with Crippen LogP contribution in [0.15, 0.2) is 0 Å². The van der Waals surface area contributed by atoms with Gasteiger partial charge < -0.3 is 18.5 Å². The molecule has 0 fully saturated rings. The highest BCUT2D eigenvalue weighted by atomic mass is 31.2. The van der Waals surface area contributed by atoms with Crippen molar-refractivity contribution in [2.45, 2.75) is 220 Å². The summed E-state index contributed by atoms with van der Waals surface area (Å²) in [5, 5.41) is 9.05. The first-order valence-corrected chi connectivity index (χ1v) is 21.5. The molecule has 1 unspecified atom stereocenters. The molecule has 0 rings (SSSR count). The number of nitrogens with zero attached hydrogens (tertiary/aromatic N) is 2. The molecule has 0 heterocycles. The van der Waals surface area contributed by atoms with Gasteiger partial charge in [0.05, 0.1) is 32.3 Å². The van der Waals surface area contributed by atoms with Crippen molar-refractivity contribution in [3.05, 3.63) is 0 Å². The molecular formula is C40H81N2O4P. The van der Waals surface area contributed by atoms with Crippen LogP contribution in [0.5, 0.6) is 0 Å². The average molecular weight is 685 g/mol. The van der Waals surface area contributed by atoms with Gasteiger partial charge in [-0.2, -0.15) is 5.26 Å². The topological polar surface area (TPSA) is 64.0 Å². The Bertz CT molecular complexity index is 653. The van der Waals surface area contributed by atoms with Gasteiger partial charge >= 0.3 is 0 Å². The van der Waals surface area contributed by atoms with E-state index in [0.717, 1.165) is 26.1 Å². The first-order valence-electron chi connectivity index (χ1n) is 20.4. The third-order valence-corrected chi connectivity index (χ3v) is 10.9. The van der Waals surface area contributed by atoms with Crippen LogP contribution in [0.2, 0.25) is 0 Å². The third-order valence-electron chi connectivity index (χ3n) is 8.83. The summed E-state index contributed by atoms with van der Waals surface area (Å²) in [5.41, 5.74) is 0. The maximum absolute atomic E-state index is 9.05. The Hall–Kier alpha value is -0.280. The lowest BCUT2D eigenvalue weighted by Crippen LogP contribution is -2.35. The minimum atomic E-state index is -1.27. The van der Waals surface area contributed by atoms with Crippen LogP contribution in [-0.2, 0) is 18.5 Å². The van der Waals surface area contributed by atoms with E-state index in [1.807, 2.05) is 0 Å². The van der Waals surface area contributed by atoms with Crippen molar-refractivity contribution < 1.29 is 18.5 Å². The van der Waals surface area contributed by atoms with Crippen LogP contribution in [0.3, 0.4) is 0 Å². The van der Waals surface area contributed by atoms with Crippen LogP contribution in [0.25, 0.3) is 0 Å². The highest BCUT2D eigenvalue weighted by Gasteiger charge is 2.28. The monoisotopic (exact) mass is 685 g/mol. The summed E-state index contributed by atoms with van der Waals surface area (Å²) in [6, 6.07) is 2.76. The average Bonchev–Trinajstić information content (AvgIpc) is 3.04. The van der Waals surface area contributed by atoms with Crippen molar-refractivity contribution in [3.8, 4) is 6.07 Å². The number of hydrogen-bond donors (Lipinski definition) is 0. The lowest BCUT2D eigenvalue weighted by Gasteiger charge is -2.36. The quantitative estimate of drug-likeness (QED) is 0.0476. The standard InChI is InChI=1S/C40H81N2O4P/c1-7-9-11-13-15-17-19-21-23-25-27-29-33-43-36-40(37-46-47(45-35-31-32-41)42(38(3)4)39(5)6)44-34-30-28-26-24-22-20-18-16-14-12-10-8-2/h38-40H,7-31,33-37H2,1-6H3/t40-,47?/m1/s1. The van der Waals surface area contributed by atoms with E-state index in [4.69, 9.17) is 23.8 Å². The van der Waals surface area contributed by atoms with Crippen LogP contribution in [0.1, 0.15) is 202 Å². The van der Waals surface area contributed by atoms with E-state index >= 15 is 0 Å². The molecule has 0 aromatic heterocycles. The normalized spacial score (nSPS) is 13.2. The molecule has 280 valence electrons. The first kappa shape index (κ1) is 46.7. The Balaban J connectivity index is 4.48. The molecule has 6 nitrogen and oxygen atoms in total. The van der Waals surface area contributed by atoms with Gasteiger partial charge in [0.2, 0.25) is 0 Å². The molecule has 0 spiro atoms. The van der Waals surface area contributed by atoms with Gasteiger partial charge in [0, 0.05) is 25.3 Å². The first-order chi connectivity index (χ1) is 23.0. The van der Waals surface area contributed by atoms with Crippen molar-refractivity contribution >= 4 is 8.53 Å². The van der Waals surface area contributed by atoms with E-state index in [0.29, 0.717) is 26.2 Å². The van der Waals surface area contributed by atoms with Crippen LogP contribution in [-0.4, -0.2) is 55.9 Å². The molecule has 0 aromatic rings. The van der Waals surface area contributed by atoms with Crippen LogP contribution in [0, 0.1) is 11.3 Å². The van der Waals surface area contributed by atoms with Gasteiger partial charge in [0.15, 0.2) is 0 Å². The van der Waals surface area contributed by atoms with E-state index in [9.17, 15) is 0 Å². The lowest BCUT2D eigenvalue weighted by molar-refractivity contribution is -0.0412. The minimum absolute atomic E-state index is 0.106. The zero-order chi connectivity index (χ0) is 34.6. The molecule has 0 saturated heterocycles. The van der Waals surface area contributed by atoms with Gasteiger partial charge in [0.1, 0.15) is 6.10 Å². The van der Waals surface area contributed by atoms with Crippen LogP contribution < -0.4 is 0 Å². The molecule has 47 heavy (non-hydrogen) atoms. The summed E-state index contributed by atoms with van der Waals surface area (Å²) < 4.78 is 27.3. The minimum Gasteiger partial charge on any atom is -0.379 e. The van der Waals surface area contributed by atoms with Crippen LogP contribution >= 0.6 is 8.53 Å². The molecule has 0 bridgehead atoms. The van der Waals surface area contributed by atoms with Gasteiger partial charge in [-0.25, -0.2) is 4.67 Å². The van der Waals surface area contributed by atoms with E-state index < -0.39 is 8.53 Å². The summed E-state index contributed by atoms with van der Waals surface area (Å²) in [7, 11) is -1.27. The second-order valence-electron chi connectivity index (χ2n) is 14.2. The van der Waals surface area contributed by atoms with Crippen molar-refractivity contribution in [2.24, 2.45) is 0 Å². The summed E-state index contributed by atoms with van der Waals surface area (Å²) in [4.78, 5) is 0. The summed E-state index contributed by atoms with van der Waals surface area (Å²) in [6.07, 6.45) is 32.5. The number of unbranched alkanes of at least 4 members (excludes halogenated alkanes) is 22. The number of ether oxygens (including phenoxy) is 2. The van der Waals surface area contributed by atoms with Gasteiger partial charge in [-0.05, 0) is 40.5 Å². The second kappa shape index (κ2) is 37.0. The zero-order valence-corrected chi connectivity index (χ0v) is 33.3. The predicted octanol–water partition coefficient (Wildman–Crippen LogP) is 13.1. The summed E-state index contributed by atoms with van der Waals surface area (Å²) in [6.45, 7) is 16.2. The molecule has 7 heteroatoms. The molecule has 0 amide bonds. The molecule has 0 radical (unpaired) electrons. The maximum Gasteiger partial charge on any atom is 0.259 e. The number of nitriles is 1. The van der Waals surface area contributed by atoms with Crippen molar-refractivity contribution in [3.63, 3.8) is 0 Å². The molecule has 0 aliphatic rings. The fourth-order valence-corrected chi connectivity index (χ4v) is 7.69. The second-order valence-corrected chi connectivity index (χ2v) is 15.6. The van der Waals surface area contributed by atoms with Crippen molar-refractivity contribution in [1.82, 2.24) is 4.67 Å². The lowest BCUT2D eigenvalue weighted by atomic mass is 10.1. The van der Waals surface area contributed by atoms with Gasteiger partial charge in [-0.3, -0.25) is 0 Å². The molecule has 0 aliphatic carbocycles. The van der Waals surface area contributed by atoms with Gasteiger partial charge in [-0.1, -0.05) is 155 Å². The Morgan fingerprint density at radius 2 is 0.915 bits per heavy atom. The Morgan fingerprint density at radius 1 is 0.511 bits per heavy atom. The Morgan fingerprint density at radius 3 is 1.32 bits per heavy atom. The fraction of sp³-hybridized carbons (Fsp3) is 0.975. The fourth-order valence-electron chi connectivity index (χ4n) is 6.06. The summed E-state index contributed by atoms with van der Waals surface area (Å²) >= 11 is 0. The molecule has 0 saturated carbocycles. The van der Waals surface area contributed by atoms with Crippen molar-refractivity contribution in [2.75, 3.05) is 33.0 Å². The smallest absolute Gasteiger partial charge is 0.259 e. The van der Waals surface area contributed by atoms with E-state index in [1.54, 1.807) is 0 Å². The van der Waals surface area contributed by atoms with E-state index in [2.05, 4.69) is 52.3 Å². The van der Waals surface area contributed by atoms with Crippen LogP contribution in [0.4, 0.5) is 0 Å². The van der Waals surface area contributed by atoms with E-state index in [-0.39, 0.29) is 18.2 Å².